The van der Waals surface area contributed by atoms with Crippen LogP contribution in [0, 0.1) is 0 Å². The van der Waals surface area contributed by atoms with E-state index in [1.165, 1.54) is 16.4 Å². The van der Waals surface area contributed by atoms with Gasteiger partial charge >= 0.3 is 0 Å². The molecule has 0 bridgehead atoms. The van der Waals surface area contributed by atoms with Gasteiger partial charge in [0, 0.05) is 33.2 Å². The number of pyridine rings is 1. The van der Waals surface area contributed by atoms with E-state index in [1.54, 1.807) is 31.4 Å². The van der Waals surface area contributed by atoms with Gasteiger partial charge < -0.3 is 10.2 Å². The van der Waals surface area contributed by atoms with Gasteiger partial charge in [-0.3, -0.25) is 14.6 Å². The number of fused-ring (bicyclic) bond motifs is 1. The van der Waals surface area contributed by atoms with Gasteiger partial charge in [-0.2, -0.15) is 4.31 Å². The first-order valence-corrected chi connectivity index (χ1v) is 11.8. The maximum absolute atomic E-state index is 13.2. The maximum Gasteiger partial charge on any atom is 0.271 e. The van der Waals surface area contributed by atoms with E-state index in [0.717, 1.165) is 5.69 Å². The lowest BCUT2D eigenvalue weighted by Gasteiger charge is -2.35. The number of nitrogens with one attached hydrogen (secondary N) is 1. The quantitative estimate of drug-likeness (QED) is 0.647. The molecule has 32 heavy (non-hydrogen) atoms. The van der Waals surface area contributed by atoms with E-state index in [1.807, 2.05) is 11.8 Å². The standard InChI is InChI=1S/C21H24N6O4S/c1-3-16-21(29)25-19-12-15(5-7-17(19)24-16)32(30,31)27-10-8-26(9-11-27)14-4-6-18(23-13-14)20(28)22-2/h4-7,12-13,16H,3,8-11H2,1-2H3,(H,22,28). The topological polar surface area (TPSA) is 124 Å². The molecule has 1 atom stereocenters. The Balaban J connectivity index is 1.49. The summed E-state index contributed by atoms with van der Waals surface area (Å²) in [6, 6.07) is 7.49. The minimum Gasteiger partial charge on any atom is -0.368 e. The van der Waals surface area contributed by atoms with E-state index < -0.39 is 16.1 Å². The molecule has 2 aromatic rings. The number of carbonyl (C=O) groups is 2. The van der Waals surface area contributed by atoms with Crippen LogP contribution in [0.25, 0.3) is 0 Å². The number of aromatic nitrogens is 1. The summed E-state index contributed by atoms with van der Waals surface area (Å²) in [7, 11) is -2.19. The van der Waals surface area contributed by atoms with Crippen molar-refractivity contribution in [3.8, 4) is 0 Å². The predicted molar refractivity (Wildman–Crippen MR) is 116 cm³/mol. The van der Waals surface area contributed by atoms with Crippen LogP contribution in [-0.2, 0) is 14.8 Å². The van der Waals surface area contributed by atoms with Crippen LogP contribution in [0.5, 0.6) is 0 Å². The SMILES string of the molecule is CCC1N=c2ccc(S(=O)(=O)N3CCN(c4ccc(C(=O)NC)nc4)CC3)cc2=NC1=O. The van der Waals surface area contributed by atoms with Crippen molar-refractivity contribution in [1.29, 1.82) is 0 Å². The van der Waals surface area contributed by atoms with E-state index in [-0.39, 0.29) is 16.7 Å². The van der Waals surface area contributed by atoms with Crippen molar-refractivity contribution in [2.45, 2.75) is 24.3 Å². The number of nitrogens with zero attached hydrogens (tertiary/aromatic N) is 5. The Hall–Kier alpha value is -3.18. The van der Waals surface area contributed by atoms with Gasteiger partial charge in [-0.25, -0.2) is 18.4 Å². The van der Waals surface area contributed by atoms with Crippen LogP contribution in [0.4, 0.5) is 5.69 Å². The van der Waals surface area contributed by atoms with Crippen LogP contribution in [0.2, 0.25) is 0 Å². The minimum absolute atomic E-state index is 0.1000. The number of anilines is 1. The molecule has 0 saturated carbocycles. The van der Waals surface area contributed by atoms with Crippen LogP contribution < -0.4 is 20.9 Å². The zero-order chi connectivity index (χ0) is 22.9. The van der Waals surface area contributed by atoms with Gasteiger partial charge in [0.05, 0.1) is 27.5 Å². The predicted octanol–water partition coefficient (Wildman–Crippen LogP) is -0.490. The number of rotatable bonds is 5. The molecule has 2 amide bonds. The molecule has 1 N–H and O–H groups in total. The number of carbonyl (C=O) groups excluding carboxylic acids is 2. The molecule has 10 nitrogen and oxygen atoms in total. The van der Waals surface area contributed by atoms with Gasteiger partial charge in [-0.05, 0) is 36.8 Å². The molecule has 2 aliphatic heterocycles. The van der Waals surface area contributed by atoms with Crippen molar-refractivity contribution < 1.29 is 18.0 Å². The Labute approximate surface area is 185 Å². The zero-order valence-electron chi connectivity index (χ0n) is 17.9. The lowest BCUT2D eigenvalue weighted by atomic mass is 10.2. The molecular formula is C21H24N6O4S. The van der Waals surface area contributed by atoms with Crippen LogP contribution in [0.1, 0.15) is 23.8 Å². The van der Waals surface area contributed by atoms with Crippen molar-refractivity contribution in [1.82, 2.24) is 14.6 Å². The molecule has 2 aliphatic rings. The number of piperazine rings is 1. The summed E-state index contributed by atoms with van der Waals surface area (Å²) in [4.78, 5) is 38.4. The maximum atomic E-state index is 13.2. The molecule has 1 aromatic carbocycles. The number of hydrogen-bond donors (Lipinski definition) is 1. The smallest absolute Gasteiger partial charge is 0.271 e. The second-order valence-corrected chi connectivity index (χ2v) is 9.46. The first-order chi connectivity index (χ1) is 15.3. The Morgan fingerprint density at radius 3 is 2.50 bits per heavy atom. The van der Waals surface area contributed by atoms with Gasteiger partial charge in [0.1, 0.15) is 11.7 Å². The van der Waals surface area contributed by atoms with Crippen LogP contribution in [-0.4, -0.2) is 68.8 Å². The monoisotopic (exact) mass is 456 g/mol. The molecule has 0 radical (unpaired) electrons. The average Bonchev–Trinajstić information content (AvgIpc) is 2.82. The number of amides is 2. The summed E-state index contributed by atoms with van der Waals surface area (Å²) in [5, 5.41) is 3.35. The second kappa shape index (κ2) is 8.75. The highest BCUT2D eigenvalue weighted by atomic mass is 32.2. The van der Waals surface area contributed by atoms with Crippen LogP contribution in [0.15, 0.2) is 51.4 Å². The summed E-state index contributed by atoms with van der Waals surface area (Å²) >= 11 is 0. The molecule has 1 fully saturated rings. The highest BCUT2D eigenvalue weighted by Gasteiger charge is 2.29. The largest absolute Gasteiger partial charge is 0.368 e. The van der Waals surface area contributed by atoms with Crippen molar-refractivity contribution in [2.75, 3.05) is 38.1 Å². The van der Waals surface area contributed by atoms with Crippen molar-refractivity contribution >= 4 is 27.5 Å². The summed E-state index contributed by atoms with van der Waals surface area (Å²) in [5.74, 6) is -0.608. The van der Waals surface area contributed by atoms with Gasteiger partial charge in [0.2, 0.25) is 10.0 Å². The Kier molecular flexibility index (Phi) is 6.02. The first kappa shape index (κ1) is 22.0. The molecule has 168 valence electrons. The normalized spacial score (nSPS) is 19.0. The van der Waals surface area contributed by atoms with Crippen molar-refractivity contribution in [3.63, 3.8) is 0 Å². The molecule has 0 spiro atoms. The zero-order valence-corrected chi connectivity index (χ0v) is 18.7. The van der Waals surface area contributed by atoms with E-state index in [9.17, 15) is 18.0 Å². The number of benzene rings is 1. The molecular weight excluding hydrogens is 432 g/mol. The van der Waals surface area contributed by atoms with Crippen molar-refractivity contribution in [2.24, 2.45) is 9.98 Å². The lowest BCUT2D eigenvalue weighted by Crippen LogP contribution is -2.49. The molecule has 1 saturated heterocycles. The molecule has 3 heterocycles. The van der Waals surface area contributed by atoms with Gasteiger partial charge in [-0.15, -0.1) is 0 Å². The third-order valence-electron chi connectivity index (χ3n) is 5.59. The Morgan fingerprint density at radius 2 is 1.88 bits per heavy atom. The minimum atomic E-state index is -3.73. The number of hydrogen-bond acceptors (Lipinski definition) is 7. The third kappa shape index (κ3) is 4.13. The van der Waals surface area contributed by atoms with Crippen LogP contribution in [0.3, 0.4) is 0 Å². The molecule has 0 aliphatic carbocycles. The van der Waals surface area contributed by atoms with E-state index in [2.05, 4.69) is 20.3 Å². The number of sulfonamides is 1. The first-order valence-electron chi connectivity index (χ1n) is 10.4. The highest BCUT2D eigenvalue weighted by molar-refractivity contribution is 7.89. The lowest BCUT2D eigenvalue weighted by molar-refractivity contribution is -0.119. The summed E-state index contributed by atoms with van der Waals surface area (Å²) in [6.45, 7) is 3.43. The summed E-state index contributed by atoms with van der Waals surface area (Å²) < 4.78 is 27.8. The molecule has 1 unspecified atom stereocenters. The van der Waals surface area contributed by atoms with E-state index in [4.69, 9.17) is 0 Å². The summed E-state index contributed by atoms with van der Waals surface area (Å²) in [6.07, 6.45) is 2.17. The fraction of sp³-hybridized carbons (Fsp3) is 0.381. The Bertz CT molecular complexity index is 1270. The van der Waals surface area contributed by atoms with E-state index >= 15 is 0 Å². The van der Waals surface area contributed by atoms with Gasteiger partial charge in [0.15, 0.2) is 0 Å². The third-order valence-corrected chi connectivity index (χ3v) is 7.49. The van der Waals surface area contributed by atoms with Gasteiger partial charge in [0.25, 0.3) is 11.8 Å². The second-order valence-electron chi connectivity index (χ2n) is 7.53. The van der Waals surface area contributed by atoms with Crippen molar-refractivity contribution in [3.05, 3.63) is 52.9 Å². The van der Waals surface area contributed by atoms with Gasteiger partial charge in [-0.1, -0.05) is 6.92 Å². The summed E-state index contributed by atoms with van der Waals surface area (Å²) in [5.41, 5.74) is 1.15. The molecule has 4 rings (SSSR count). The fourth-order valence-corrected chi connectivity index (χ4v) is 5.16. The molecule has 1 aromatic heterocycles. The average molecular weight is 457 g/mol. The van der Waals surface area contributed by atoms with E-state index in [0.29, 0.717) is 49.0 Å². The fourth-order valence-electron chi connectivity index (χ4n) is 3.72. The van der Waals surface area contributed by atoms with Crippen LogP contribution >= 0.6 is 0 Å². The Morgan fingerprint density at radius 1 is 1.12 bits per heavy atom. The molecule has 11 heteroatoms. The highest BCUT2D eigenvalue weighted by Crippen LogP contribution is 2.20.